The number of hydrogen-bond acceptors (Lipinski definition) is 4. The van der Waals surface area contributed by atoms with Crippen molar-refractivity contribution in [1.29, 1.82) is 0 Å². The molecule has 1 aliphatic rings. The summed E-state index contributed by atoms with van der Waals surface area (Å²) < 4.78 is 30.0. The van der Waals surface area contributed by atoms with Crippen LogP contribution in [0.25, 0.3) is 0 Å². The monoisotopic (exact) mass is 386 g/mol. The molecule has 1 fully saturated rings. The zero-order chi connectivity index (χ0) is 19.3. The van der Waals surface area contributed by atoms with Crippen molar-refractivity contribution >= 4 is 23.8 Å². The summed E-state index contributed by atoms with van der Waals surface area (Å²) in [5, 5.41) is 2.93. The lowest BCUT2D eigenvalue weighted by Crippen LogP contribution is -2.47. The number of nitrogens with one attached hydrogen (secondary N) is 1. The Hall–Kier alpha value is -1.83. The zero-order valence-corrected chi connectivity index (χ0v) is 15.9. The first-order valence-electron chi connectivity index (χ1n) is 8.48. The summed E-state index contributed by atoms with van der Waals surface area (Å²) >= 11 is 0.447. The van der Waals surface area contributed by atoms with Gasteiger partial charge >= 0.3 is 6.09 Å². The number of rotatable bonds is 4. The molecule has 1 aromatic carbocycles. The molecular formula is C18H24F2N2O3S. The molecule has 0 saturated carbocycles. The van der Waals surface area contributed by atoms with Crippen molar-refractivity contribution in [3.8, 4) is 0 Å². The van der Waals surface area contributed by atoms with Crippen LogP contribution in [0.15, 0.2) is 29.2 Å². The molecule has 8 heteroatoms. The topological polar surface area (TPSA) is 58.6 Å². The third-order valence-corrected chi connectivity index (χ3v) is 4.55. The number of carbonyl (C=O) groups excluding carboxylic acids is 2. The number of benzene rings is 1. The van der Waals surface area contributed by atoms with E-state index in [1.54, 1.807) is 4.90 Å². The number of alkyl halides is 2. The van der Waals surface area contributed by atoms with E-state index < -0.39 is 11.4 Å². The molecule has 26 heavy (non-hydrogen) atoms. The summed E-state index contributed by atoms with van der Waals surface area (Å²) in [5.74, 6) is -2.72. The molecule has 144 valence electrons. The van der Waals surface area contributed by atoms with Gasteiger partial charge in [-0.05, 0) is 57.9 Å². The van der Waals surface area contributed by atoms with E-state index in [1.165, 1.54) is 24.3 Å². The van der Waals surface area contributed by atoms with Gasteiger partial charge in [-0.1, -0.05) is 11.8 Å². The second-order valence-electron chi connectivity index (χ2n) is 7.12. The summed E-state index contributed by atoms with van der Waals surface area (Å²) in [6, 6.07) is 6.07. The van der Waals surface area contributed by atoms with Crippen LogP contribution >= 0.6 is 11.8 Å². The van der Waals surface area contributed by atoms with Crippen LogP contribution in [-0.4, -0.2) is 47.4 Å². The SMILES string of the molecule is CC(C)(C)OC(=O)N1CCC(NC(=O)c2ccc(SC(F)F)cc2)CC1. The van der Waals surface area contributed by atoms with Crippen LogP contribution in [0, 0.1) is 0 Å². The Kier molecular flexibility index (Phi) is 6.86. The van der Waals surface area contributed by atoms with Gasteiger partial charge in [0.1, 0.15) is 5.60 Å². The number of piperidine rings is 1. The lowest BCUT2D eigenvalue weighted by Gasteiger charge is -2.33. The highest BCUT2D eigenvalue weighted by Crippen LogP contribution is 2.25. The van der Waals surface area contributed by atoms with Gasteiger partial charge in [-0.3, -0.25) is 4.79 Å². The second kappa shape index (κ2) is 8.70. The lowest BCUT2D eigenvalue weighted by atomic mass is 10.0. The maximum atomic E-state index is 12.3. The number of likely N-dealkylation sites (tertiary alicyclic amines) is 1. The molecule has 0 aromatic heterocycles. The van der Waals surface area contributed by atoms with Crippen molar-refractivity contribution in [3.63, 3.8) is 0 Å². The van der Waals surface area contributed by atoms with Gasteiger partial charge in [0.05, 0.1) is 0 Å². The molecule has 0 spiro atoms. The molecule has 2 rings (SSSR count). The van der Waals surface area contributed by atoms with Crippen molar-refractivity contribution in [2.24, 2.45) is 0 Å². The highest BCUT2D eigenvalue weighted by atomic mass is 32.2. The first kappa shape index (κ1) is 20.5. The molecule has 0 atom stereocenters. The average Bonchev–Trinajstić information content (AvgIpc) is 2.54. The molecule has 1 aromatic rings. The van der Waals surface area contributed by atoms with E-state index in [1.807, 2.05) is 20.8 Å². The fourth-order valence-electron chi connectivity index (χ4n) is 2.59. The fraction of sp³-hybridized carbons (Fsp3) is 0.556. The Morgan fingerprint density at radius 2 is 1.77 bits per heavy atom. The molecule has 0 aliphatic carbocycles. The molecule has 2 amide bonds. The largest absolute Gasteiger partial charge is 0.444 e. The minimum Gasteiger partial charge on any atom is -0.444 e. The third-order valence-electron chi connectivity index (χ3n) is 3.82. The van der Waals surface area contributed by atoms with Crippen LogP contribution in [0.1, 0.15) is 44.0 Å². The van der Waals surface area contributed by atoms with Crippen molar-refractivity contribution in [1.82, 2.24) is 10.2 Å². The van der Waals surface area contributed by atoms with Gasteiger partial charge in [0.2, 0.25) is 0 Å². The number of carbonyl (C=O) groups is 2. The summed E-state index contributed by atoms with van der Waals surface area (Å²) in [6.45, 7) is 6.50. The number of thioether (sulfide) groups is 1. The molecule has 0 unspecified atom stereocenters. The van der Waals surface area contributed by atoms with Crippen LogP contribution < -0.4 is 5.32 Å². The van der Waals surface area contributed by atoms with Crippen LogP contribution in [0.5, 0.6) is 0 Å². The number of halogens is 2. The van der Waals surface area contributed by atoms with Gasteiger partial charge in [0, 0.05) is 29.6 Å². The smallest absolute Gasteiger partial charge is 0.410 e. The third kappa shape index (κ3) is 6.48. The van der Waals surface area contributed by atoms with E-state index >= 15 is 0 Å². The van der Waals surface area contributed by atoms with Gasteiger partial charge in [-0.2, -0.15) is 8.78 Å². The predicted octanol–water partition coefficient (Wildman–Crippen LogP) is 4.13. The normalized spacial score (nSPS) is 15.8. The summed E-state index contributed by atoms with van der Waals surface area (Å²) in [6.07, 6.45) is 0.948. The maximum absolute atomic E-state index is 12.3. The Morgan fingerprint density at radius 3 is 2.27 bits per heavy atom. The summed E-state index contributed by atoms with van der Waals surface area (Å²) in [5.41, 5.74) is -0.102. The van der Waals surface area contributed by atoms with Crippen molar-refractivity contribution in [2.75, 3.05) is 13.1 Å². The van der Waals surface area contributed by atoms with Gasteiger partial charge in [-0.15, -0.1) is 0 Å². The predicted molar refractivity (Wildman–Crippen MR) is 96.6 cm³/mol. The van der Waals surface area contributed by atoms with Crippen LogP contribution in [0.4, 0.5) is 13.6 Å². The van der Waals surface area contributed by atoms with E-state index in [0.717, 1.165) is 0 Å². The Bertz CT molecular complexity index is 624. The number of amides is 2. The quantitative estimate of drug-likeness (QED) is 0.791. The summed E-state index contributed by atoms with van der Waals surface area (Å²) in [4.78, 5) is 26.4. The van der Waals surface area contributed by atoms with Crippen LogP contribution in [-0.2, 0) is 4.74 Å². The first-order chi connectivity index (χ1) is 12.1. The van der Waals surface area contributed by atoms with Crippen LogP contribution in [0.2, 0.25) is 0 Å². The van der Waals surface area contributed by atoms with E-state index in [9.17, 15) is 18.4 Å². The fourth-order valence-corrected chi connectivity index (χ4v) is 3.09. The van der Waals surface area contributed by atoms with E-state index in [0.29, 0.717) is 48.2 Å². The minimum absolute atomic E-state index is 0.0312. The molecule has 1 saturated heterocycles. The molecular weight excluding hydrogens is 362 g/mol. The highest BCUT2D eigenvalue weighted by molar-refractivity contribution is 7.99. The van der Waals surface area contributed by atoms with Gasteiger partial charge in [0.25, 0.3) is 11.7 Å². The Morgan fingerprint density at radius 1 is 1.19 bits per heavy atom. The molecule has 0 radical (unpaired) electrons. The molecule has 0 bridgehead atoms. The minimum atomic E-state index is -2.48. The zero-order valence-electron chi connectivity index (χ0n) is 15.1. The number of nitrogens with zero attached hydrogens (tertiary/aromatic N) is 1. The standard InChI is InChI=1S/C18H24F2N2O3S/c1-18(2,3)25-17(24)22-10-8-13(9-11-22)21-15(23)12-4-6-14(7-5-12)26-16(19)20/h4-7,13,16H,8-11H2,1-3H3,(H,21,23). The molecule has 1 N–H and O–H groups in total. The maximum Gasteiger partial charge on any atom is 0.410 e. The van der Waals surface area contributed by atoms with Gasteiger partial charge in [-0.25, -0.2) is 4.79 Å². The lowest BCUT2D eigenvalue weighted by molar-refractivity contribution is 0.0199. The highest BCUT2D eigenvalue weighted by Gasteiger charge is 2.27. The molecule has 1 aliphatic heterocycles. The van der Waals surface area contributed by atoms with Crippen molar-refractivity contribution in [2.45, 2.75) is 55.9 Å². The number of hydrogen-bond donors (Lipinski definition) is 1. The Labute approximate surface area is 156 Å². The van der Waals surface area contributed by atoms with Crippen molar-refractivity contribution < 1.29 is 23.1 Å². The van der Waals surface area contributed by atoms with Gasteiger partial charge in [0.15, 0.2) is 0 Å². The van der Waals surface area contributed by atoms with Crippen molar-refractivity contribution in [3.05, 3.63) is 29.8 Å². The Balaban J connectivity index is 1.81. The summed E-state index contributed by atoms with van der Waals surface area (Å²) in [7, 11) is 0. The van der Waals surface area contributed by atoms with E-state index in [2.05, 4.69) is 5.32 Å². The van der Waals surface area contributed by atoms with Gasteiger partial charge < -0.3 is 15.0 Å². The molecule has 1 heterocycles. The average molecular weight is 386 g/mol. The second-order valence-corrected chi connectivity index (χ2v) is 8.18. The van der Waals surface area contributed by atoms with E-state index in [4.69, 9.17) is 4.74 Å². The van der Waals surface area contributed by atoms with Crippen LogP contribution in [0.3, 0.4) is 0 Å². The van der Waals surface area contributed by atoms with E-state index in [-0.39, 0.29) is 18.0 Å². The molecule has 5 nitrogen and oxygen atoms in total. The number of ether oxygens (including phenoxy) is 1. The first-order valence-corrected chi connectivity index (χ1v) is 9.36.